The van der Waals surface area contributed by atoms with Gasteiger partial charge in [0.15, 0.2) is 0 Å². The molecule has 0 bridgehead atoms. The Labute approximate surface area is 116 Å². The second-order valence-electron chi connectivity index (χ2n) is 4.50. The molecule has 2 aromatic rings. The molecular weight excluding hydrogens is 260 g/mol. The number of nitrogens with one attached hydrogen (secondary N) is 1. The van der Waals surface area contributed by atoms with Crippen molar-refractivity contribution in [2.75, 3.05) is 6.61 Å². The van der Waals surface area contributed by atoms with E-state index in [2.05, 4.69) is 5.32 Å². The van der Waals surface area contributed by atoms with Gasteiger partial charge in [0.1, 0.15) is 11.5 Å². The van der Waals surface area contributed by atoms with Crippen LogP contribution in [0.4, 0.5) is 5.69 Å². The normalized spacial score (nSPS) is 12.3. The molecule has 6 heteroatoms. The average molecular weight is 276 g/mol. The molecule has 1 aromatic carbocycles. The quantitative estimate of drug-likeness (QED) is 0.624. The zero-order valence-electron chi connectivity index (χ0n) is 11.1. The first-order valence-corrected chi connectivity index (χ1v) is 6.28. The highest BCUT2D eigenvalue weighted by Gasteiger charge is 2.17. The molecule has 0 spiro atoms. The van der Waals surface area contributed by atoms with Gasteiger partial charge < -0.3 is 14.8 Å². The molecule has 0 saturated heterocycles. The molecule has 2 rings (SSSR count). The van der Waals surface area contributed by atoms with E-state index >= 15 is 0 Å². The molecule has 0 aliphatic carbocycles. The van der Waals surface area contributed by atoms with Crippen LogP contribution in [0.3, 0.4) is 0 Å². The van der Waals surface area contributed by atoms with Crippen LogP contribution in [0.2, 0.25) is 0 Å². The van der Waals surface area contributed by atoms with Crippen molar-refractivity contribution in [2.24, 2.45) is 0 Å². The van der Waals surface area contributed by atoms with Gasteiger partial charge in [0.25, 0.3) is 5.69 Å². The zero-order chi connectivity index (χ0) is 14.5. The maximum atomic E-state index is 11.0. The molecule has 2 N–H and O–H groups in total. The number of hydrogen-bond acceptors (Lipinski definition) is 5. The molecule has 1 unspecified atom stereocenters. The second kappa shape index (κ2) is 6.31. The van der Waals surface area contributed by atoms with Crippen LogP contribution < -0.4 is 5.32 Å². The van der Waals surface area contributed by atoms with Gasteiger partial charge in [-0.15, -0.1) is 0 Å². The smallest absolute Gasteiger partial charge is 0.280 e. The van der Waals surface area contributed by atoms with Crippen molar-refractivity contribution < 1.29 is 14.4 Å². The molecular formula is C14H16N2O4. The Balaban J connectivity index is 2.19. The van der Waals surface area contributed by atoms with Gasteiger partial charge >= 0.3 is 0 Å². The van der Waals surface area contributed by atoms with Crippen LogP contribution in [0, 0.1) is 10.1 Å². The number of furan rings is 1. The first-order valence-electron chi connectivity index (χ1n) is 6.28. The molecule has 0 saturated carbocycles. The summed E-state index contributed by atoms with van der Waals surface area (Å²) in [7, 11) is 0. The van der Waals surface area contributed by atoms with E-state index in [1.54, 1.807) is 30.3 Å². The largest absolute Gasteiger partial charge is 0.459 e. The number of hydrogen-bond donors (Lipinski definition) is 2. The summed E-state index contributed by atoms with van der Waals surface area (Å²) in [5.41, 5.74) is 0.476. The monoisotopic (exact) mass is 276 g/mol. The molecule has 0 amide bonds. The summed E-state index contributed by atoms with van der Waals surface area (Å²) in [5, 5.41) is 23.0. The first kappa shape index (κ1) is 14.2. The minimum atomic E-state index is -0.427. The molecule has 1 aromatic heterocycles. The maximum Gasteiger partial charge on any atom is 0.280 e. The summed E-state index contributed by atoms with van der Waals surface area (Å²) in [5.74, 6) is 1.13. The van der Waals surface area contributed by atoms with Crippen molar-refractivity contribution >= 4 is 5.69 Å². The number of para-hydroxylation sites is 1. The number of benzene rings is 1. The van der Waals surface area contributed by atoms with Crippen molar-refractivity contribution in [3.05, 3.63) is 52.3 Å². The van der Waals surface area contributed by atoms with Gasteiger partial charge in [-0.1, -0.05) is 12.1 Å². The lowest BCUT2D eigenvalue weighted by atomic mass is 10.1. The third kappa shape index (κ3) is 3.23. The van der Waals surface area contributed by atoms with Crippen LogP contribution in [0.5, 0.6) is 0 Å². The molecule has 0 radical (unpaired) electrons. The zero-order valence-corrected chi connectivity index (χ0v) is 11.1. The predicted octanol–water partition coefficient (Wildman–Crippen LogP) is 2.33. The second-order valence-corrected chi connectivity index (χ2v) is 4.50. The fourth-order valence-corrected chi connectivity index (χ4v) is 1.80. The lowest BCUT2D eigenvalue weighted by Gasteiger charge is -2.08. The minimum absolute atomic E-state index is 0.0186. The summed E-state index contributed by atoms with van der Waals surface area (Å²) in [6, 6.07) is 9.90. The van der Waals surface area contributed by atoms with Crippen LogP contribution in [0.25, 0.3) is 11.3 Å². The van der Waals surface area contributed by atoms with Gasteiger partial charge in [-0.25, -0.2) is 0 Å². The minimum Gasteiger partial charge on any atom is -0.459 e. The molecule has 1 atom stereocenters. The van der Waals surface area contributed by atoms with Gasteiger partial charge in [-0.05, 0) is 25.1 Å². The van der Waals surface area contributed by atoms with E-state index in [1.807, 2.05) is 6.92 Å². The third-order valence-electron chi connectivity index (χ3n) is 2.93. The molecule has 0 aliphatic rings. The standard InChI is InChI=1S/C14H16N2O4/c1-10(9-17)15-8-11-6-7-14(20-11)12-4-2-3-5-13(12)16(18)19/h2-7,10,15,17H,8-9H2,1H3. The number of nitro groups is 1. The highest BCUT2D eigenvalue weighted by molar-refractivity contribution is 5.69. The Morgan fingerprint density at radius 2 is 2.10 bits per heavy atom. The summed E-state index contributed by atoms with van der Waals surface area (Å²) in [6.07, 6.45) is 0. The average Bonchev–Trinajstić information content (AvgIpc) is 2.93. The fourth-order valence-electron chi connectivity index (χ4n) is 1.80. The predicted molar refractivity (Wildman–Crippen MR) is 74.2 cm³/mol. The third-order valence-corrected chi connectivity index (χ3v) is 2.93. The highest BCUT2D eigenvalue weighted by Crippen LogP contribution is 2.30. The Bertz CT molecular complexity index is 594. The molecule has 1 heterocycles. The Morgan fingerprint density at radius 1 is 1.35 bits per heavy atom. The molecule has 20 heavy (non-hydrogen) atoms. The maximum absolute atomic E-state index is 11.0. The van der Waals surface area contributed by atoms with Crippen molar-refractivity contribution in [1.29, 1.82) is 0 Å². The van der Waals surface area contributed by atoms with E-state index in [9.17, 15) is 10.1 Å². The lowest BCUT2D eigenvalue weighted by Crippen LogP contribution is -2.28. The number of aliphatic hydroxyl groups is 1. The van der Waals surface area contributed by atoms with Gasteiger partial charge in [0.05, 0.1) is 23.6 Å². The molecule has 106 valence electrons. The van der Waals surface area contributed by atoms with Crippen molar-refractivity contribution in [3.8, 4) is 11.3 Å². The van der Waals surface area contributed by atoms with Crippen LogP contribution in [-0.2, 0) is 6.54 Å². The van der Waals surface area contributed by atoms with Crippen molar-refractivity contribution in [2.45, 2.75) is 19.5 Å². The first-order chi connectivity index (χ1) is 9.61. The number of aliphatic hydroxyl groups excluding tert-OH is 1. The number of nitro benzene ring substituents is 1. The fraction of sp³-hybridized carbons (Fsp3) is 0.286. The Morgan fingerprint density at radius 3 is 2.80 bits per heavy atom. The van der Waals surface area contributed by atoms with Gasteiger partial charge in [0, 0.05) is 12.1 Å². The molecule has 0 aliphatic heterocycles. The summed E-state index contributed by atoms with van der Waals surface area (Å²) in [6.45, 7) is 2.35. The summed E-state index contributed by atoms with van der Waals surface area (Å²) in [4.78, 5) is 10.6. The Kier molecular flexibility index (Phi) is 4.49. The van der Waals surface area contributed by atoms with Crippen LogP contribution >= 0.6 is 0 Å². The van der Waals surface area contributed by atoms with Gasteiger partial charge in [-0.2, -0.15) is 0 Å². The number of rotatable bonds is 6. The van der Waals surface area contributed by atoms with E-state index in [0.717, 1.165) is 0 Å². The van der Waals surface area contributed by atoms with E-state index in [1.165, 1.54) is 6.07 Å². The number of nitrogens with zero attached hydrogens (tertiary/aromatic N) is 1. The van der Waals surface area contributed by atoms with Crippen molar-refractivity contribution in [1.82, 2.24) is 5.32 Å². The van der Waals surface area contributed by atoms with E-state index in [-0.39, 0.29) is 18.3 Å². The SMILES string of the molecule is CC(CO)NCc1ccc(-c2ccccc2[N+](=O)[O-])o1. The van der Waals surface area contributed by atoms with E-state index in [4.69, 9.17) is 9.52 Å². The summed E-state index contributed by atoms with van der Waals surface area (Å²) < 4.78 is 5.61. The van der Waals surface area contributed by atoms with Gasteiger partial charge in [0.2, 0.25) is 0 Å². The Hall–Kier alpha value is -2.18. The van der Waals surface area contributed by atoms with E-state index < -0.39 is 4.92 Å². The van der Waals surface area contributed by atoms with Crippen LogP contribution in [0.1, 0.15) is 12.7 Å². The topological polar surface area (TPSA) is 88.5 Å². The van der Waals surface area contributed by atoms with Crippen LogP contribution in [-0.4, -0.2) is 22.7 Å². The summed E-state index contributed by atoms with van der Waals surface area (Å²) >= 11 is 0. The van der Waals surface area contributed by atoms with Crippen LogP contribution in [0.15, 0.2) is 40.8 Å². The highest BCUT2D eigenvalue weighted by atomic mass is 16.6. The van der Waals surface area contributed by atoms with Crippen molar-refractivity contribution in [3.63, 3.8) is 0 Å². The van der Waals surface area contributed by atoms with Gasteiger partial charge in [-0.3, -0.25) is 10.1 Å². The molecule has 0 fully saturated rings. The molecule has 6 nitrogen and oxygen atoms in total. The van der Waals surface area contributed by atoms with E-state index in [0.29, 0.717) is 23.6 Å². The lowest BCUT2D eigenvalue weighted by molar-refractivity contribution is -0.384.